The van der Waals surface area contributed by atoms with Gasteiger partial charge in [0.25, 0.3) is 0 Å². The monoisotopic (exact) mass is 372 g/mol. The van der Waals surface area contributed by atoms with Gasteiger partial charge < -0.3 is 35.7 Å². The fourth-order valence-electron chi connectivity index (χ4n) is 3.87. The molecule has 1 saturated heterocycles. The number of hydrogen-bond donors (Lipinski definition) is 4. The van der Waals surface area contributed by atoms with Crippen LogP contribution in [0.2, 0.25) is 0 Å². The summed E-state index contributed by atoms with van der Waals surface area (Å²) in [6.07, 6.45) is 5.42. The minimum Gasteiger partial charge on any atom is -0.470 e. The van der Waals surface area contributed by atoms with Crippen molar-refractivity contribution in [3.05, 3.63) is 36.7 Å². The molecule has 0 aliphatic carbocycles. The molecule has 1 atom stereocenters. The number of imidazole rings is 1. The summed E-state index contributed by atoms with van der Waals surface area (Å²) in [7, 11) is 0. The lowest BCUT2D eigenvalue weighted by molar-refractivity contribution is -0.0376. The van der Waals surface area contributed by atoms with Crippen molar-refractivity contribution in [3.8, 4) is 0 Å². The lowest BCUT2D eigenvalue weighted by atomic mass is 10.1. The van der Waals surface area contributed by atoms with Crippen LogP contribution in [-0.4, -0.2) is 64.1 Å². The van der Waals surface area contributed by atoms with Crippen LogP contribution in [0.1, 0.15) is 12.8 Å². The molecule has 146 valence electrons. The van der Waals surface area contributed by atoms with E-state index in [4.69, 9.17) is 15.5 Å². The average molecular weight is 372 g/mol. The number of hydrogen-bond acceptors (Lipinski definition) is 7. The highest BCUT2D eigenvalue weighted by molar-refractivity contribution is 5.78. The highest BCUT2D eigenvalue weighted by Gasteiger charge is 2.34. The summed E-state index contributed by atoms with van der Waals surface area (Å²) < 4.78 is 7.76. The molecular formula is C19H28N6O2. The summed E-state index contributed by atoms with van der Waals surface area (Å²) in [5.74, 6) is 0.818. The second-order valence-electron chi connectivity index (χ2n) is 7.28. The number of aliphatic hydroxyl groups is 1. The van der Waals surface area contributed by atoms with Crippen molar-refractivity contribution in [1.29, 1.82) is 0 Å². The molecule has 8 nitrogen and oxygen atoms in total. The number of para-hydroxylation sites is 2. The second kappa shape index (κ2) is 7.75. The Morgan fingerprint density at radius 1 is 1.33 bits per heavy atom. The molecule has 4 rings (SSSR count). The van der Waals surface area contributed by atoms with E-state index in [9.17, 15) is 5.11 Å². The van der Waals surface area contributed by atoms with Crippen molar-refractivity contribution in [1.82, 2.24) is 19.8 Å². The maximum absolute atomic E-state index is 9.88. The number of rotatable bonds is 7. The number of piperidine rings is 1. The third-order valence-corrected chi connectivity index (χ3v) is 5.40. The third-order valence-electron chi connectivity index (χ3n) is 5.40. The third kappa shape index (κ3) is 3.73. The lowest BCUT2D eigenvalue weighted by Gasteiger charge is -2.33. The molecule has 2 aliphatic heterocycles. The van der Waals surface area contributed by atoms with Gasteiger partial charge in [-0.15, -0.1) is 0 Å². The van der Waals surface area contributed by atoms with E-state index in [0.717, 1.165) is 49.5 Å². The van der Waals surface area contributed by atoms with E-state index in [0.29, 0.717) is 19.1 Å². The van der Waals surface area contributed by atoms with Gasteiger partial charge in [-0.25, -0.2) is 4.98 Å². The van der Waals surface area contributed by atoms with E-state index in [2.05, 4.69) is 20.1 Å². The minimum absolute atomic E-state index is 0.135. The van der Waals surface area contributed by atoms with Crippen molar-refractivity contribution < 1.29 is 9.84 Å². The van der Waals surface area contributed by atoms with E-state index < -0.39 is 5.72 Å². The van der Waals surface area contributed by atoms with E-state index >= 15 is 0 Å². The Hall–Kier alpha value is -2.29. The first-order chi connectivity index (χ1) is 13.2. The average Bonchev–Trinajstić information content (AvgIpc) is 3.30. The number of nitrogens with one attached hydrogen (secondary N) is 2. The molecule has 0 bridgehead atoms. The zero-order chi connectivity index (χ0) is 18.7. The summed E-state index contributed by atoms with van der Waals surface area (Å²) in [6, 6.07) is 8.42. The Morgan fingerprint density at radius 3 is 2.85 bits per heavy atom. The van der Waals surface area contributed by atoms with Gasteiger partial charge in [-0.2, -0.15) is 0 Å². The fourth-order valence-corrected chi connectivity index (χ4v) is 3.87. The summed E-state index contributed by atoms with van der Waals surface area (Å²) in [4.78, 5) is 7.21. The van der Waals surface area contributed by atoms with Gasteiger partial charge in [-0.1, -0.05) is 12.1 Å². The fraction of sp³-hybridized carbons (Fsp3) is 0.526. The summed E-state index contributed by atoms with van der Waals surface area (Å²) in [5.41, 5.74) is 6.76. The largest absolute Gasteiger partial charge is 0.470 e. The van der Waals surface area contributed by atoms with Gasteiger partial charge in [0.1, 0.15) is 12.9 Å². The number of nitrogens with two attached hydrogens (primary N) is 1. The van der Waals surface area contributed by atoms with Gasteiger partial charge in [-0.05, 0) is 25.0 Å². The van der Waals surface area contributed by atoms with Gasteiger partial charge in [0.2, 0.25) is 11.7 Å². The number of benzene rings is 1. The van der Waals surface area contributed by atoms with Crippen molar-refractivity contribution in [2.45, 2.75) is 31.2 Å². The predicted molar refractivity (Wildman–Crippen MR) is 105 cm³/mol. The first-order valence-corrected chi connectivity index (χ1v) is 9.59. The molecule has 1 fully saturated rings. The van der Waals surface area contributed by atoms with Crippen LogP contribution in [0.25, 0.3) is 11.0 Å². The molecule has 0 spiro atoms. The van der Waals surface area contributed by atoms with E-state index in [1.54, 1.807) is 12.5 Å². The van der Waals surface area contributed by atoms with Crippen LogP contribution in [-0.2, 0) is 11.3 Å². The molecule has 27 heavy (non-hydrogen) atoms. The van der Waals surface area contributed by atoms with Crippen LogP contribution in [0.15, 0.2) is 36.7 Å². The van der Waals surface area contributed by atoms with Gasteiger partial charge in [0.15, 0.2) is 0 Å². The van der Waals surface area contributed by atoms with Crippen LogP contribution >= 0.6 is 0 Å². The van der Waals surface area contributed by atoms with Gasteiger partial charge in [0, 0.05) is 38.4 Å². The van der Waals surface area contributed by atoms with Crippen molar-refractivity contribution in [2.24, 2.45) is 5.73 Å². The van der Waals surface area contributed by atoms with E-state index in [-0.39, 0.29) is 6.61 Å². The minimum atomic E-state index is -0.857. The Morgan fingerprint density at radius 2 is 2.15 bits per heavy atom. The zero-order valence-electron chi connectivity index (χ0n) is 15.5. The molecule has 1 aromatic heterocycles. The Balaban J connectivity index is 1.55. The van der Waals surface area contributed by atoms with Gasteiger partial charge in [-0.3, -0.25) is 0 Å². The number of fused-ring (bicyclic) bond motifs is 1. The molecule has 5 N–H and O–H groups in total. The van der Waals surface area contributed by atoms with Crippen LogP contribution in [0.5, 0.6) is 0 Å². The smallest absolute Gasteiger partial charge is 0.220 e. The maximum atomic E-state index is 9.88. The quantitative estimate of drug-likeness (QED) is 0.566. The number of nitrogens with zero attached hydrogens (tertiary/aromatic N) is 3. The Kier molecular flexibility index (Phi) is 5.20. The molecule has 0 radical (unpaired) electrons. The summed E-state index contributed by atoms with van der Waals surface area (Å²) in [6.45, 7) is 4.07. The highest BCUT2D eigenvalue weighted by Crippen LogP contribution is 2.26. The number of anilines is 1. The molecule has 0 saturated carbocycles. The molecule has 2 aromatic rings. The van der Waals surface area contributed by atoms with E-state index in [1.807, 2.05) is 24.3 Å². The lowest BCUT2D eigenvalue weighted by Crippen LogP contribution is -2.48. The van der Waals surface area contributed by atoms with Gasteiger partial charge >= 0.3 is 0 Å². The summed E-state index contributed by atoms with van der Waals surface area (Å²) in [5, 5.41) is 16.6. The standard InChI is InChI=1S/C19H28N6O2/c20-7-11-24-9-5-15(6-10-24)22-18-23-16-3-1-2-4-17(16)25(18)13-19(14-26)21-8-12-27-19/h1-4,8,12,15,21,26H,5-7,9-11,13-14,20H2,(H,22,23). The van der Waals surface area contributed by atoms with Crippen molar-refractivity contribution >= 4 is 17.0 Å². The molecule has 2 aliphatic rings. The van der Waals surface area contributed by atoms with E-state index in [1.165, 1.54) is 0 Å². The van der Waals surface area contributed by atoms with Crippen molar-refractivity contribution in [2.75, 3.05) is 38.1 Å². The summed E-state index contributed by atoms with van der Waals surface area (Å²) >= 11 is 0. The SMILES string of the molecule is NCCN1CCC(Nc2nc3ccccc3n2CC2(CO)NC=CO2)CC1. The van der Waals surface area contributed by atoms with Gasteiger partial charge in [0.05, 0.1) is 17.6 Å². The number of ether oxygens (including phenoxy) is 1. The Bertz CT molecular complexity index is 789. The van der Waals surface area contributed by atoms with Crippen LogP contribution in [0, 0.1) is 0 Å². The molecule has 8 heteroatoms. The number of aromatic nitrogens is 2. The first-order valence-electron chi connectivity index (χ1n) is 9.59. The maximum Gasteiger partial charge on any atom is 0.220 e. The highest BCUT2D eigenvalue weighted by atomic mass is 16.5. The van der Waals surface area contributed by atoms with Crippen molar-refractivity contribution in [3.63, 3.8) is 0 Å². The molecule has 1 unspecified atom stereocenters. The number of likely N-dealkylation sites (tertiary alicyclic amines) is 1. The first kappa shape index (κ1) is 18.1. The predicted octanol–water partition coefficient (Wildman–Crippen LogP) is 0.651. The molecular weight excluding hydrogens is 344 g/mol. The molecule has 1 aromatic carbocycles. The normalized spacial score (nSPS) is 23.5. The zero-order valence-corrected chi connectivity index (χ0v) is 15.5. The molecule has 3 heterocycles. The number of aliphatic hydroxyl groups excluding tert-OH is 1. The van der Waals surface area contributed by atoms with Crippen LogP contribution in [0.4, 0.5) is 5.95 Å². The van der Waals surface area contributed by atoms with Crippen LogP contribution in [0.3, 0.4) is 0 Å². The van der Waals surface area contributed by atoms with Crippen LogP contribution < -0.4 is 16.4 Å². The Labute approximate surface area is 159 Å². The molecule has 0 amide bonds. The topological polar surface area (TPSA) is 101 Å². The second-order valence-corrected chi connectivity index (χ2v) is 7.28.